The number of aromatic nitrogens is 1. The summed E-state index contributed by atoms with van der Waals surface area (Å²) >= 11 is 0. The highest BCUT2D eigenvalue weighted by Gasteiger charge is 2.05. The van der Waals surface area contributed by atoms with Gasteiger partial charge in [-0.25, -0.2) is 0 Å². The molecule has 0 spiro atoms. The summed E-state index contributed by atoms with van der Waals surface area (Å²) in [5, 5.41) is 6.13. The maximum atomic E-state index is 11.7. The van der Waals surface area contributed by atoms with Crippen molar-refractivity contribution >= 4 is 5.91 Å². The van der Waals surface area contributed by atoms with E-state index in [2.05, 4.69) is 27.3 Å². The van der Waals surface area contributed by atoms with Crippen molar-refractivity contribution in [2.24, 2.45) is 5.11 Å². The van der Waals surface area contributed by atoms with E-state index in [-0.39, 0.29) is 5.91 Å². The molecule has 1 amide bonds. The Morgan fingerprint density at radius 1 is 1.47 bits per heavy atom. The zero-order chi connectivity index (χ0) is 13.9. The van der Waals surface area contributed by atoms with Gasteiger partial charge in [0.1, 0.15) is 5.69 Å². The van der Waals surface area contributed by atoms with Crippen LogP contribution in [0.5, 0.6) is 0 Å². The van der Waals surface area contributed by atoms with E-state index in [1.807, 2.05) is 6.07 Å². The van der Waals surface area contributed by atoms with Crippen LogP contribution in [-0.4, -0.2) is 24.0 Å². The van der Waals surface area contributed by atoms with E-state index in [4.69, 9.17) is 5.53 Å². The molecular formula is C13H19N5O. The number of nitrogens with one attached hydrogen (secondary N) is 1. The van der Waals surface area contributed by atoms with Crippen molar-refractivity contribution in [3.8, 4) is 0 Å². The van der Waals surface area contributed by atoms with Crippen LogP contribution >= 0.6 is 0 Å². The SMILES string of the molecule is CCCCc1ccc(C(=O)NCCCN=[N+]=[N-])nc1. The molecule has 6 nitrogen and oxygen atoms in total. The zero-order valence-corrected chi connectivity index (χ0v) is 11.2. The Morgan fingerprint density at radius 2 is 2.32 bits per heavy atom. The summed E-state index contributed by atoms with van der Waals surface area (Å²) in [5.41, 5.74) is 9.68. The molecular weight excluding hydrogens is 242 g/mol. The van der Waals surface area contributed by atoms with Gasteiger partial charge < -0.3 is 5.32 Å². The lowest BCUT2D eigenvalue weighted by Crippen LogP contribution is -2.25. The molecule has 0 fully saturated rings. The van der Waals surface area contributed by atoms with Gasteiger partial charge in [-0.05, 0) is 36.4 Å². The van der Waals surface area contributed by atoms with Gasteiger partial charge >= 0.3 is 0 Å². The molecule has 1 heterocycles. The lowest BCUT2D eigenvalue weighted by molar-refractivity contribution is 0.0948. The van der Waals surface area contributed by atoms with Gasteiger partial charge in [-0.1, -0.05) is 24.5 Å². The largest absolute Gasteiger partial charge is 0.351 e. The van der Waals surface area contributed by atoms with E-state index < -0.39 is 0 Å². The minimum absolute atomic E-state index is 0.192. The molecule has 1 rings (SSSR count). The van der Waals surface area contributed by atoms with Gasteiger partial charge in [-0.2, -0.15) is 0 Å². The summed E-state index contributed by atoms with van der Waals surface area (Å²) in [6.45, 7) is 3.02. The first-order chi connectivity index (χ1) is 9.27. The van der Waals surface area contributed by atoms with Crippen LogP contribution in [0.15, 0.2) is 23.4 Å². The highest BCUT2D eigenvalue weighted by molar-refractivity contribution is 5.92. The number of pyridine rings is 1. The van der Waals surface area contributed by atoms with E-state index >= 15 is 0 Å². The van der Waals surface area contributed by atoms with Gasteiger partial charge in [0.05, 0.1) is 0 Å². The third-order valence-corrected chi connectivity index (χ3v) is 2.66. The van der Waals surface area contributed by atoms with Crippen molar-refractivity contribution in [1.29, 1.82) is 0 Å². The number of unbranched alkanes of at least 4 members (excludes halogenated alkanes) is 1. The molecule has 1 N–H and O–H groups in total. The fourth-order valence-electron chi connectivity index (χ4n) is 1.57. The smallest absolute Gasteiger partial charge is 0.269 e. The normalized spacial score (nSPS) is 9.74. The molecule has 1 aromatic heterocycles. The third-order valence-electron chi connectivity index (χ3n) is 2.66. The van der Waals surface area contributed by atoms with E-state index in [0.717, 1.165) is 24.8 Å². The number of aryl methyl sites for hydroxylation is 1. The summed E-state index contributed by atoms with van der Waals surface area (Å²) in [6.07, 6.45) is 5.66. The Morgan fingerprint density at radius 3 is 2.95 bits per heavy atom. The summed E-state index contributed by atoms with van der Waals surface area (Å²) in [4.78, 5) is 18.5. The Bertz CT molecular complexity index is 437. The van der Waals surface area contributed by atoms with E-state index in [1.165, 1.54) is 0 Å². The minimum Gasteiger partial charge on any atom is -0.351 e. The van der Waals surface area contributed by atoms with Crippen molar-refractivity contribution < 1.29 is 4.79 Å². The predicted molar refractivity (Wildman–Crippen MR) is 73.8 cm³/mol. The van der Waals surface area contributed by atoms with E-state index in [9.17, 15) is 4.79 Å². The van der Waals surface area contributed by atoms with Crippen molar-refractivity contribution in [3.63, 3.8) is 0 Å². The molecule has 0 bridgehead atoms. The predicted octanol–water partition coefficient (Wildman–Crippen LogP) is 2.85. The van der Waals surface area contributed by atoms with E-state index in [0.29, 0.717) is 25.2 Å². The number of hydrogen-bond donors (Lipinski definition) is 1. The first kappa shape index (κ1) is 15.0. The van der Waals surface area contributed by atoms with Crippen molar-refractivity contribution in [2.45, 2.75) is 32.6 Å². The van der Waals surface area contributed by atoms with Gasteiger partial charge in [-0.15, -0.1) is 0 Å². The fraction of sp³-hybridized carbons (Fsp3) is 0.538. The molecule has 0 aliphatic carbocycles. The lowest BCUT2D eigenvalue weighted by Gasteiger charge is -2.04. The van der Waals surface area contributed by atoms with Gasteiger partial charge in [0.2, 0.25) is 0 Å². The van der Waals surface area contributed by atoms with Gasteiger partial charge in [-0.3, -0.25) is 9.78 Å². The monoisotopic (exact) mass is 261 g/mol. The summed E-state index contributed by atoms with van der Waals surface area (Å²) < 4.78 is 0. The molecule has 0 aliphatic rings. The molecule has 19 heavy (non-hydrogen) atoms. The van der Waals surface area contributed by atoms with Gasteiger partial charge in [0.25, 0.3) is 5.91 Å². The second kappa shape index (κ2) is 8.94. The highest BCUT2D eigenvalue weighted by Crippen LogP contribution is 2.05. The number of amides is 1. The van der Waals surface area contributed by atoms with E-state index in [1.54, 1.807) is 12.3 Å². The number of carbonyl (C=O) groups is 1. The van der Waals surface area contributed by atoms with Crippen molar-refractivity contribution in [2.75, 3.05) is 13.1 Å². The molecule has 0 saturated heterocycles. The number of azide groups is 1. The maximum Gasteiger partial charge on any atom is 0.269 e. The van der Waals surface area contributed by atoms with Crippen LogP contribution in [0.3, 0.4) is 0 Å². The first-order valence-corrected chi connectivity index (χ1v) is 6.52. The number of hydrogen-bond acceptors (Lipinski definition) is 3. The third kappa shape index (κ3) is 5.88. The topological polar surface area (TPSA) is 90.8 Å². The van der Waals surface area contributed by atoms with Gasteiger partial charge in [0.15, 0.2) is 0 Å². The molecule has 0 saturated carbocycles. The Labute approximate surface area is 112 Å². The molecule has 0 unspecified atom stereocenters. The molecule has 0 aliphatic heterocycles. The average Bonchev–Trinajstić information content (AvgIpc) is 2.45. The standard InChI is InChI=1S/C13H19N5O/c1-2-3-5-11-6-7-12(16-10-11)13(19)15-8-4-9-17-18-14/h6-7,10H,2-5,8-9H2,1H3,(H,15,19). The summed E-state index contributed by atoms with van der Waals surface area (Å²) in [5.74, 6) is -0.192. The van der Waals surface area contributed by atoms with Crippen LogP contribution < -0.4 is 5.32 Å². The van der Waals surface area contributed by atoms with Crippen LogP contribution in [0.2, 0.25) is 0 Å². The quantitative estimate of drug-likeness (QED) is 0.337. The molecule has 102 valence electrons. The average molecular weight is 261 g/mol. The Balaban J connectivity index is 2.37. The van der Waals surface area contributed by atoms with Crippen LogP contribution in [0.25, 0.3) is 10.4 Å². The van der Waals surface area contributed by atoms with Crippen molar-refractivity contribution in [3.05, 3.63) is 40.0 Å². The van der Waals surface area contributed by atoms with Crippen LogP contribution in [0.1, 0.15) is 42.2 Å². The summed E-state index contributed by atoms with van der Waals surface area (Å²) in [6, 6.07) is 3.69. The second-order valence-electron chi connectivity index (χ2n) is 4.22. The zero-order valence-electron chi connectivity index (χ0n) is 11.2. The number of nitrogens with zero attached hydrogens (tertiary/aromatic N) is 4. The van der Waals surface area contributed by atoms with Crippen LogP contribution in [-0.2, 0) is 6.42 Å². The highest BCUT2D eigenvalue weighted by atomic mass is 16.1. The minimum atomic E-state index is -0.192. The number of rotatable bonds is 8. The van der Waals surface area contributed by atoms with Crippen LogP contribution in [0, 0.1) is 0 Å². The Kier molecular flexibility index (Phi) is 7.05. The molecule has 0 atom stereocenters. The second-order valence-corrected chi connectivity index (χ2v) is 4.22. The first-order valence-electron chi connectivity index (χ1n) is 6.52. The molecule has 1 aromatic rings. The van der Waals surface area contributed by atoms with Crippen LogP contribution in [0.4, 0.5) is 0 Å². The lowest BCUT2D eigenvalue weighted by atomic mass is 10.1. The Hall–Kier alpha value is -2.07. The molecule has 0 aromatic carbocycles. The van der Waals surface area contributed by atoms with Gasteiger partial charge in [0, 0.05) is 24.2 Å². The molecule has 6 heteroatoms. The fourth-order valence-corrected chi connectivity index (χ4v) is 1.57. The molecule has 0 radical (unpaired) electrons. The summed E-state index contributed by atoms with van der Waals surface area (Å²) in [7, 11) is 0. The maximum absolute atomic E-state index is 11.7. The van der Waals surface area contributed by atoms with Crippen molar-refractivity contribution in [1.82, 2.24) is 10.3 Å². The number of carbonyl (C=O) groups excluding carboxylic acids is 1.